The summed E-state index contributed by atoms with van der Waals surface area (Å²) in [5.74, 6) is 0.794. The number of hydroxylamine groups is 1. The summed E-state index contributed by atoms with van der Waals surface area (Å²) in [5, 5.41) is 0. The van der Waals surface area contributed by atoms with Crippen LogP contribution >= 0.6 is 0 Å². The van der Waals surface area contributed by atoms with Crippen LogP contribution in [0.5, 0.6) is 0 Å². The van der Waals surface area contributed by atoms with Crippen molar-refractivity contribution >= 4 is 5.90 Å². The zero-order valence-corrected chi connectivity index (χ0v) is 11.8. The molecule has 0 radical (unpaired) electrons. The van der Waals surface area contributed by atoms with Crippen molar-refractivity contribution < 1.29 is 9.57 Å². The molecule has 20 heavy (non-hydrogen) atoms. The van der Waals surface area contributed by atoms with E-state index in [1.165, 1.54) is 5.56 Å². The fourth-order valence-corrected chi connectivity index (χ4v) is 2.41. The fraction of sp³-hybridized carbons (Fsp3) is 0.533. The lowest BCUT2D eigenvalue weighted by Gasteiger charge is -2.26. The van der Waals surface area contributed by atoms with Crippen LogP contribution < -0.4 is 5.48 Å². The van der Waals surface area contributed by atoms with Gasteiger partial charge in [0.05, 0.1) is 13.2 Å². The number of hydrogen-bond acceptors (Lipinski definition) is 5. The maximum Gasteiger partial charge on any atom is 0.212 e. The summed E-state index contributed by atoms with van der Waals surface area (Å²) in [5.41, 5.74) is 5.37. The van der Waals surface area contributed by atoms with Crippen molar-refractivity contribution in [1.82, 2.24) is 10.4 Å². The normalized spacial score (nSPS) is 23.4. The predicted octanol–water partition coefficient (Wildman–Crippen LogP) is 1.65. The number of ether oxygens (including phenoxy) is 1. The maximum absolute atomic E-state index is 5.48. The van der Waals surface area contributed by atoms with Gasteiger partial charge in [0.15, 0.2) is 6.17 Å². The number of morpholine rings is 1. The number of hydrogen-bond donors (Lipinski definition) is 1. The summed E-state index contributed by atoms with van der Waals surface area (Å²) in [6.07, 6.45) is 0.769. The molecule has 0 saturated carbocycles. The van der Waals surface area contributed by atoms with Gasteiger partial charge >= 0.3 is 0 Å². The van der Waals surface area contributed by atoms with Crippen LogP contribution in [0.1, 0.15) is 23.7 Å². The smallest absolute Gasteiger partial charge is 0.212 e. The van der Waals surface area contributed by atoms with Crippen LogP contribution in [-0.4, -0.2) is 43.6 Å². The van der Waals surface area contributed by atoms with Gasteiger partial charge in [0.2, 0.25) is 5.90 Å². The van der Waals surface area contributed by atoms with Crippen molar-refractivity contribution in [3.8, 4) is 0 Å². The van der Waals surface area contributed by atoms with Crippen LogP contribution in [0.25, 0.3) is 0 Å². The first-order valence-electron chi connectivity index (χ1n) is 7.17. The number of rotatable bonds is 4. The third-order valence-corrected chi connectivity index (χ3v) is 3.70. The molecule has 0 aliphatic carbocycles. The summed E-state index contributed by atoms with van der Waals surface area (Å²) in [6.45, 7) is 6.73. The van der Waals surface area contributed by atoms with Crippen LogP contribution in [-0.2, 0) is 9.57 Å². The Morgan fingerprint density at radius 3 is 2.75 bits per heavy atom. The Hall–Kier alpha value is -1.43. The molecule has 0 aromatic heterocycles. The van der Waals surface area contributed by atoms with Gasteiger partial charge in [0.25, 0.3) is 0 Å². The molecule has 1 aromatic rings. The van der Waals surface area contributed by atoms with Crippen molar-refractivity contribution in [1.29, 1.82) is 0 Å². The van der Waals surface area contributed by atoms with Crippen LogP contribution in [0.2, 0.25) is 0 Å². The zero-order chi connectivity index (χ0) is 13.8. The molecule has 0 amide bonds. The van der Waals surface area contributed by atoms with Gasteiger partial charge in [-0.25, -0.2) is 4.99 Å². The van der Waals surface area contributed by atoms with E-state index in [2.05, 4.69) is 46.6 Å². The van der Waals surface area contributed by atoms with Crippen molar-refractivity contribution in [3.63, 3.8) is 0 Å². The molecule has 0 unspecified atom stereocenters. The molecule has 1 aromatic carbocycles. The molecule has 108 valence electrons. The Labute approximate surface area is 119 Å². The third-order valence-electron chi connectivity index (χ3n) is 3.70. The molecule has 1 N–H and O–H groups in total. The van der Waals surface area contributed by atoms with E-state index in [0.717, 1.165) is 50.7 Å². The molecular weight excluding hydrogens is 254 g/mol. The van der Waals surface area contributed by atoms with E-state index in [0.29, 0.717) is 0 Å². The molecule has 5 heteroatoms. The second-order valence-electron chi connectivity index (χ2n) is 5.26. The van der Waals surface area contributed by atoms with E-state index in [4.69, 9.17) is 9.57 Å². The van der Waals surface area contributed by atoms with Gasteiger partial charge in [0.1, 0.15) is 0 Å². The second-order valence-corrected chi connectivity index (χ2v) is 5.26. The van der Waals surface area contributed by atoms with E-state index in [1.807, 2.05) is 0 Å². The van der Waals surface area contributed by atoms with Crippen molar-refractivity contribution in [2.75, 3.05) is 32.8 Å². The summed E-state index contributed by atoms with van der Waals surface area (Å²) in [4.78, 5) is 12.5. The molecule has 2 aliphatic heterocycles. The zero-order valence-electron chi connectivity index (χ0n) is 11.8. The van der Waals surface area contributed by atoms with Crippen molar-refractivity contribution in [2.45, 2.75) is 19.5 Å². The standard InChI is InChI=1S/C15H21N3O2/c1-12-2-4-13(5-3-12)15-16-14(20-17-15)6-7-18-8-10-19-11-9-18/h2-5,15,17H,6-11H2,1H3/t15-/m1/s1. The van der Waals surface area contributed by atoms with Crippen LogP contribution in [0.15, 0.2) is 29.3 Å². The van der Waals surface area contributed by atoms with Gasteiger partial charge in [-0.3, -0.25) is 4.90 Å². The Kier molecular flexibility index (Phi) is 4.30. The lowest BCUT2D eigenvalue weighted by molar-refractivity contribution is 0.0383. The molecule has 2 heterocycles. The molecule has 1 saturated heterocycles. The average molecular weight is 275 g/mol. The minimum absolute atomic E-state index is 0.0738. The monoisotopic (exact) mass is 275 g/mol. The van der Waals surface area contributed by atoms with Gasteiger partial charge in [-0.05, 0) is 12.5 Å². The predicted molar refractivity (Wildman–Crippen MR) is 77.5 cm³/mol. The first kappa shape index (κ1) is 13.5. The number of benzene rings is 1. The van der Waals surface area contributed by atoms with E-state index in [-0.39, 0.29) is 6.17 Å². The number of aryl methyl sites for hydroxylation is 1. The summed E-state index contributed by atoms with van der Waals surface area (Å²) >= 11 is 0. The highest BCUT2D eigenvalue weighted by Crippen LogP contribution is 2.20. The molecule has 0 spiro atoms. The number of aliphatic imine (C=N–C) groups is 1. The van der Waals surface area contributed by atoms with E-state index < -0.39 is 0 Å². The van der Waals surface area contributed by atoms with Crippen LogP contribution in [0, 0.1) is 6.92 Å². The minimum atomic E-state index is -0.0738. The van der Waals surface area contributed by atoms with E-state index in [1.54, 1.807) is 0 Å². The Bertz CT molecular complexity index is 467. The minimum Gasteiger partial charge on any atom is -0.391 e. The summed E-state index contributed by atoms with van der Waals surface area (Å²) in [6, 6.07) is 8.37. The lowest BCUT2D eigenvalue weighted by Crippen LogP contribution is -2.37. The van der Waals surface area contributed by atoms with Gasteiger partial charge in [0, 0.05) is 26.1 Å². The van der Waals surface area contributed by atoms with E-state index in [9.17, 15) is 0 Å². The molecule has 2 aliphatic rings. The Morgan fingerprint density at radius 1 is 1.25 bits per heavy atom. The van der Waals surface area contributed by atoms with Gasteiger partial charge in [-0.15, -0.1) is 5.48 Å². The quantitative estimate of drug-likeness (QED) is 0.907. The van der Waals surface area contributed by atoms with Crippen molar-refractivity contribution in [2.24, 2.45) is 4.99 Å². The number of nitrogens with zero attached hydrogens (tertiary/aromatic N) is 2. The molecule has 1 atom stereocenters. The van der Waals surface area contributed by atoms with Gasteiger partial charge < -0.3 is 9.57 Å². The fourth-order valence-electron chi connectivity index (χ4n) is 2.41. The number of nitrogens with one attached hydrogen (secondary N) is 1. The molecule has 1 fully saturated rings. The van der Waals surface area contributed by atoms with E-state index >= 15 is 0 Å². The molecule has 3 rings (SSSR count). The molecule has 0 bridgehead atoms. The Balaban J connectivity index is 1.53. The largest absolute Gasteiger partial charge is 0.391 e. The highest BCUT2D eigenvalue weighted by molar-refractivity contribution is 5.77. The Morgan fingerprint density at radius 2 is 2.00 bits per heavy atom. The average Bonchev–Trinajstić information content (AvgIpc) is 2.96. The third kappa shape index (κ3) is 3.36. The first-order valence-corrected chi connectivity index (χ1v) is 7.17. The SMILES string of the molecule is Cc1ccc([C@@H]2N=C(CCN3CCOCC3)ON2)cc1. The second kappa shape index (κ2) is 6.35. The lowest BCUT2D eigenvalue weighted by atomic mass is 10.1. The first-order chi connectivity index (χ1) is 9.81. The molecular formula is C15H21N3O2. The molecule has 5 nitrogen and oxygen atoms in total. The van der Waals surface area contributed by atoms with Crippen LogP contribution in [0.4, 0.5) is 0 Å². The van der Waals surface area contributed by atoms with Gasteiger partial charge in [-0.1, -0.05) is 29.8 Å². The maximum atomic E-state index is 5.48. The van der Waals surface area contributed by atoms with Crippen LogP contribution in [0.3, 0.4) is 0 Å². The highest BCUT2D eigenvalue weighted by Gasteiger charge is 2.21. The summed E-state index contributed by atoms with van der Waals surface area (Å²) < 4.78 is 5.34. The highest BCUT2D eigenvalue weighted by atomic mass is 16.7. The topological polar surface area (TPSA) is 46.1 Å². The van der Waals surface area contributed by atoms with Gasteiger partial charge in [-0.2, -0.15) is 0 Å². The van der Waals surface area contributed by atoms with Crippen molar-refractivity contribution in [3.05, 3.63) is 35.4 Å². The summed E-state index contributed by atoms with van der Waals surface area (Å²) in [7, 11) is 0.